The van der Waals surface area contributed by atoms with Crippen LogP contribution in [-0.4, -0.2) is 9.55 Å². The maximum Gasteiger partial charge on any atom is 0.133 e. The number of aryl methyl sites for hydroxylation is 1. The van der Waals surface area contributed by atoms with Crippen LogP contribution < -0.4 is 0 Å². The molecule has 0 unspecified atom stereocenters. The molecule has 0 radical (unpaired) electrons. The number of nitrogens with zero attached hydrogens (tertiary/aromatic N) is 2. The second kappa shape index (κ2) is 6.40. The van der Waals surface area contributed by atoms with Crippen molar-refractivity contribution >= 4 is 23.2 Å². The second-order valence-corrected chi connectivity index (χ2v) is 5.21. The second-order valence-electron chi connectivity index (χ2n) is 5.21. The van der Waals surface area contributed by atoms with E-state index in [1.165, 1.54) is 23.9 Å². The minimum absolute atomic E-state index is 1.02. The zero-order valence-corrected chi connectivity index (χ0v) is 12.4. The van der Waals surface area contributed by atoms with E-state index in [1.807, 2.05) is 12.1 Å². The van der Waals surface area contributed by atoms with Crippen LogP contribution in [0.2, 0.25) is 0 Å². The van der Waals surface area contributed by atoms with Crippen LogP contribution >= 0.6 is 0 Å². The molecule has 0 saturated carbocycles. The lowest BCUT2D eigenvalue weighted by atomic mass is 10.2. The lowest BCUT2D eigenvalue weighted by Gasteiger charge is -2.05. The fourth-order valence-electron chi connectivity index (χ4n) is 2.51. The van der Waals surface area contributed by atoms with Crippen LogP contribution in [0.5, 0.6) is 0 Å². The van der Waals surface area contributed by atoms with Gasteiger partial charge in [0, 0.05) is 6.54 Å². The predicted molar refractivity (Wildman–Crippen MR) is 90.0 cm³/mol. The van der Waals surface area contributed by atoms with Crippen molar-refractivity contribution in [3.63, 3.8) is 0 Å². The third-order valence-electron chi connectivity index (χ3n) is 3.64. The predicted octanol–water partition coefficient (Wildman–Crippen LogP) is 5.01. The minimum atomic E-state index is 1.02. The van der Waals surface area contributed by atoms with Crippen LogP contribution in [-0.2, 0) is 6.54 Å². The molecule has 3 aromatic rings. The van der Waals surface area contributed by atoms with Crippen LogP contribution in [0.25, 0.3) is 23.2 Å². The molecule has 21 heavy (non-hydrogen) atoms. The molecular weight excluding hydrogens is 256 g/mol. The van der Waals surface area contributed by atoms with E-state index in [9.17, 15) is 0 Å². The smallest absolute Gasteiger partial charge is 0.133 e. The molecule has 0 bridgehead atoms. The van der Waals surface area contributed by atoms with Crippen molar-refractivity contribution in [2.45, 2.75) is 26.3 Å². The Bertz CT molecular complexity index is 739. The van der Waals surface area contributed by atoms with E-state index in [2.05, 4.69) is 66.1 Å². The van der Waals surface area contributed by atoms with Gasteiger partial charge in [0.2, 0.25) is 0 Å². The first-order valence-electron chi connectivity index (χ1n) is 7.57. The summed E-state index contributed by atoms with van der Waals surface area (Å²) in [5, 5.41) is 0. The van der Waals surface area contributed by atoms with Gasteiger partial charge in [-0.1, -0.05) is 61.9 Å². The zero-order chi connectivity index (χ0) is 14.5. The van der Waals surface area contributed by atoms with Gasteiger partial charge in [-0.3, -0.25) is 0 Å². The fourth-order valence-corrected chi connectivity index (χ4v) is 2.51. The van der Waals surface area contributed by atoms with Gasteiger partial charge in [-0.15, -0.1) is 0 Å². The van der Waals surface area contributed by atoms with Crippen LogP contribution in [0.3, 0.4) is 0 Å². The molecule has 1 aromatic heterocycles. The van der Waals surface area contributed by atoms with Gasteiger partial charge in [-0.05, 0) is 30.2 Å². The molecule has 0 aliphatic carbocycles. The van der Waals surface area contributed by atoms with Gasteiger partial charge in [0.25, 0.3) is 0 Å². The molecular formula is C19H20N2. The Morgan fingerprint density at radius 3 is 2.52 bits per heavy atom. The molecule has 106 valence electrons. The Morgan fingerprint density at radius 2 is 1.71 bits per heavy atom. The highest BCUT2D eigenvalue weighted by atomic mass is 15.1. The van der Waals surface area contributed by atoms with Gasteiger partial charge >= 0.3 is 0 Å². The standard InChI is InChI=1S/C19H20N2/c1-2-3-15-21-18-12-8-7-11-17(18)20-19(21)14-13-16-9-5-4-6-10-16/h4-14H,2-3,15H2,1H3/b14-13+. The summed E-state index contributed by atoms with van der Waals surface area (Å²) in [6, 6.07) is 18.7. The number of para-hydroxylation sites is 2. The first-order chi connectivity index (χ1) is 10.4. The summed E-state index contributed by atoms with van der Waals surface area (Å²) in [6.07, 6.45) is 6.61. The van der Waals surface area contributed by atoms with Crippen LogP contribution in [0.1, 0.15) is 31.2 Å². The summed E-state index contributed by atoms with van der Waals surface area (Å²) in [4.78, 5) is 4.76. The van der Waals surface area contributed by atoms with Crippen LogP contribution in [0, 0.1) is 0 Å². The number of imidazole rings is 1. The van der Waals surface area contributed by atoms with Gasteiger partial charge in [0.15, 0.2) is 0 Å². The van der Waals surface area contributed by atoms with Crippen LogP contribution in [0.4, 0.5) is 0 Å². The molecule has 2 nitrogen and oxygen atoms in total. The maximum absolute atomic E-state index is 4.76. The molecule has 3 rings (SSSR count). The summed E-state index contributed by atoms with van der Waals surface area (Å²) in [5.41, 5.74) is 3.49. The van der Waals surface area contributed by atoms with E-state index in [0.29, 0.717) is 0 Å². The third-order valence-corrected chi connectivity index (χ3v) is 3.64. The molecule has 0 atom stereocenters. The molecule has 0 N–H and O–H groups in total. The monoisotopic (exact) mass is 276 g/mol. The van der Waals surface area contributed by atoms with E-state index in [0.717, 1.165) is 17.9 Å². The molecule has 0 saturated heterocycles. The summed E-state index contributed by atoms with van der Waals surface area (Å²) >= 11 is 0. The molecule has 2 heteroatoms. The van der Waals surface area contributed by atoms with Gasteiger partial charge in [-0.2, -0.15) is 0 Å². The Morgan fingerprint density at radius 1 is 0.952 bits per heavy atom. The van der Waals surface area contributed by atoms with Gasteiger partial charge in [-0.25, -0.2) is 4.98 Å². The van der Waals surface area contributed by atoms with Gasteiger partial charge in [0.1, 0.15) is 5.82 Å². The van der Waals surface area contributed by atoms with Crippen molar-refractivity contribution in [3.8, 4) is 0 Å². The van der Waals surface area contributed by atoms with Crippen LogP contribution in [0.15, 0.2) is 54.6 Å². The highest BCUT2D eigenvalue weighted by molar-refractivity contribution is 5.79. The topological polar surface area (TPSA) is 17.8 Å². The van der Waals surface area contributed by atoms with E-state index in [-0.39, 0.29) is 0 Å². The summed E-state index contributed by atoms with van der Waals surface area (Å²) in [5.74, 6) is 1.04. The van der Waals surface area contributed by atoms with E-state index in [1.54, 1.807) is 0 Å². The van der Waals surface area contributed by atoms with E-state index >= 15 is 0 Å². The van der Waals surface area contributed by atoms with Crippen molar-refractivity contribution in [2.24, 2.45) is 0 Å². The van der Waals surface area contributed by atoms with E-state index in [4.69, 9.17) is 4.98 Å². The molecule has 1 heterocycles. The molecule has 0 aliphatic rings. The lowest BCUT2D eigenvalue weighted by Crippen LogP contribution is -2.00. The highest BCUT2D eigenvalue weighted by Gasteiger charge is 2.07. The van der Waals surface area contributed by atoms with Crippen molar-refractivity contribution in [2.75, 3.05) is 0 Å². The molecule has 0 fully saturated rings. The van der Waals surface area contributed by atoms with E-state index < -0.39 is 0 Å². The first-order valence-corrected chi connectivity index (χ1v) is 7.57. The molecule has 0 spiro atoms. The fraction of sp³-hybridized carbons (Fsp3) is 0.211. The Balaban J connectivity index is 1.98. The summed E-state index contributed by atoms with van der Waals surface area (Å²) in [7, 11) is 0. The number of aromatic nitrogens is 2. The molecule has 0 amide bonds. The average molecular weight is 276 g/mol. The number of hydrogen-bond donors (Lipinski definition) is 0. The first kappa shape index (κ1) is 13.6. The number of fused-ring (bicyclic) bond motifs is 1. The normalized spacial score (nSPS) is 11.5. The summed E-state index contributed by atoms with van der Waals surface area (Å²) < 4.78 is 2.32. The Kier molecular flexibility index (Phi) is 4.15. The maximum atomic E-state index is 4.76. The minimum Gasteiger partial charge on any atom is -0.324 e. The molecule has 2 aromatic carbocycles. The Labute approximate surface area is 125 Å². The Hall–Kier alpha value is -2.35. The third kappa shape index (κ3) is 3.05. The average Bonchev–Trinajstić information content (AvgIpc) is 2.89. The number of rotatable bonds is 5. The van der Waals surface area contributed by atoms with Crippen molar-refractivity contribution in [3.05, 3.63) is 66.0 Å². The van der Waals surface area contributed by atoms with Gasteiger partial charge < -0.3 is 4.57 Å². The number of unbranched alkanes of at least 4 members (excludes halogenated alkanes) is 1. The zero-order valence-electron chi connectivity index (χ0n) is 12.4. The largest absolute Gasteiger partial charge is 0.324 e. The number of benzene rings is 2. The van der Waals surface area contributed by atoms with Crippen molar-refractivity contribution < 1.29 is 0 Å². The van der Waals surface area contributed by atoms with Gasteiger partial charge in [0.05, 0.1) is 11.0 Å². The quantitative estimate of drug-likeness (QED) is 0.640. The summed E-state index contributed by atoms with van der Waals surface area (Å²) in [6.45, 7) is 3.24. The van der Waals surface area contributed by atoms with Crippen molar-refractivity contribution in [1.82, 2.24) is 9.55 Å². The lowest BCUT2D eigenvalue weighted by molar-refractivity contribution is 0.641. The number of hydrogen-bond acceptors (Lipinski definition) is 1. The van der Waals surface area contributed by atoms with Crippen molar-refractivity contribution in [1.29, 1.82) is 0 Å². The highest BCUT2D eigenvalue weighted by Crippen LogP contribution is 2.18. The SMILES string of the molecule is CCCCn1c(/C=C/c2ccccc2)nc2ccccc21. The molecule has 0 aliphatic heterocycles.